The molecule has 4 heterocycles. The summed E-state index contributed by atoms with van der Waals surface area (Å²) in [6.07, 6.45) is 5.57. The van der Waals surface area contributed by atoms with Gasteiger partial charge in [0.25, 0.3) is 6.33 Å². The number of nitrogens with zero attached hydrogens (tertiary/aromatic N) is 4. The van der Waals surface area contributed by atoms with Crippen molar-refractivity contribution in [3.63, 3.8) is 0 Å². The standard InChI is InChI=1S/C54H42N4O2Si.Pt/c1-54(2,3)38-27-28-55-53(30-38)58-45-26-23-37(36-15-8-6-9-16-36)29-44(45)43-25-24-42(32-46(43)58)59-41-20-14-19-40(31-41)57-35-56(39-17-10-7-11-18-39)48-34-52-50(33-47(48)57)60-49-21-12-13-22-51(49)61(52,4)5;/h6-30,33-34H,1-5H3;/q-2;. The van der Waals surface area contributed by atoms with Gasteiger partial charge in [-0.25, -0.2) is 4.98 Å². The van der Waals surface area contributed by atoms with Gasteiger partial charge in [0.15, 0.2) is 0 Å². The van der Waals surface area contributed by atoms with Gasteiger partial charge < -0.3 is 18.6 Å². The Morgan fingerprint density at radius 1 is 0.645 bits per heavy atom. The first kappa shape index (κ1) is 39.6. The minimum absolute atomic E-state index is 0. The van der Waals surface area contributed by atoms with Crippen molar-refractivity contribution >= 4 is 51.3 Å². The van der Waals surface area contributed by atoms with Gasteiger partial charge in [-0.1, -0.05) is 118 Å². The first-order valence-electron chi connectivity index (χ1n) is 20.7. The molecule has 0 unspecified atom stereocenters. The molecule has 0 fully saturated rings. The number of imidazole rings is 1. The quantitative estimate of drug-likeness (QED) is 0.0947. The Bertz CT molecular complexity index is 3330. The second-order valence-electron chi connectivity index (χ2n) is 17.3. The molecule has 0 bridgehead atoms. The van der Waals surface area contributed by atoms with Crippen LogP contribution < -0.4 is 24.4 Å². The van der Waals surface area contributed by atoms with Crippen LogP contribution in [0, 0.1) is 18.5 Å². The second kappa shape index (κ2) is 15.1. The number of benzene rings is 7. The summed E-state index contributed by atoms with van der Waals surface area (Å²) in [6.45, 7) is 11.5. The van der Waals surface area contributed by atoms with Crippen molar-refractivity contribution in [3.05, 3.63) is 188 Å². The molecule has 11 rings (SSSR count). The van der Waals surface area contributed by atoms with Gasteiger partial charge in [-0.15, -0.1) is 29.7 Å². The van der Waals surface area contributed by atoms with Gasteiger partial charge in [-0.2, -0.15) is 18.2 Å². The molecule has 0 spiro atoms. The van der Waals surface area contributed by atoms with E-state index in [1.165, 1.54) is 21.5 Å². The summed E-state index contributed by atoms with van der Waals surface area (Å²) in [7, 11) is -2.08. The van der Waals surface area contributed by atoms with E-state index in [0.29, 0.717) is 11.5 Å². The minimum Gasteiger partial charge on any atom is -0.510 e. The molecule has 0 saturated heterocycles. The summed E-state index contributed by atoms with van der Waals surface area (Å²) < 4.78 is 19.7. The van der Waals surface area contributed by atoms with Crippen LogP contribution in [0.1, 0.15) is 26.3 Å². The zero-order valence-electron chi connectivity index (χ0n) is 35.0. The molecule has 0 atom stereocenters. The maximum absolute atomic E-state index is 6.67. The van der Waals surface area contributed by atoms with Gasteiger partial charge in [0.1, 0.15) is 25.4 Å². The fourth-order valence-electron chi connectivity index (χ4n) is 8.77. The Morgan fingerprint density at radius 3 is 2.21 bits per heavy atom. The second-order valence-corrected chi connectivity index (χ2v) is 21.7. The number of rotatable bonds is 6. The van der Waals surface area contributed by atoms with E-state index in [1.807, 2.05) is 48.7 Å². The van der Waals surface area contributed by atoms with Gasteiger partial charge in [0, 0.05) is 44.3 Å². The SMILES string of the molecule is CC(C)(C)c1ccnc(-n2c3[c-]c(Oc4[c-]c(-n5[c-][n+](-c6ccccc6)c6cc7c(cc65)Oc5ccccc5[Si]7(C)C)ccc4)ccc3c3cc(-c4ccccc4)ccc32)c1.[Pt]. The molecule has 0 radical (unpaired) electrons. The van der Waals surface area contributed by atoms with Crippen molar-refractivity contribution in [1.29, 1.82) is 0 Å². The predicted molar refractivity (Wildman–Crippen MR) is 247 cm³/mol. The average Bonchev–Trinajstić information content (AvgIpc) is 3.81. The zero-order valence-corrected chi connectivity index (χ0v) is 38.3. The van der Waals surface area contributed by atoms with Crippen molar-refractivity contribution in [3.8, 4) is 51.3 Å². The van der Waals surface area contributed by atoms with E-state index < -0.39 is 8.07 Å². The Kier molecular flexibility index (Phi) is 9.66. The number of fused-ring (bicyclic) bond motifs is 6. The molecule has 0 saturated carbocycles. The van der Waals surface area contributed by atoms with Crippen LogP contribution in [-0.4, -0.2) is 22.2 Å². The first-order chi connectivity index (χ1) is 29.6. The number of para-hydroxylation sites is 2. The van der Waals surface area contributed by atoms with Crippen molar-refractivity contribution in [1.82, 2.24) is 14.1 Å². The van der Waals surface area contributed by atoms with Gasteiger partial charge >= 0.3 is 0 Å². The summed E-state index contributed by atoms with van der Waals surface area (Å²) >= 11 is 0. The third kappa shape index (κ3) is 6.68. The van der Waals surface area contributed by atoms with E-state index in [9.17, 15) is 0 Å². The molecule has 0 aliphatic carbocycles. The van der Waals surface area contributed by atoms with Crippen molar-refractivity contribution in [2.24, 2.45) is 0 Å². The molecular formula is C54H42N4O2PtSi-2. The third-order valence-corrected chi connectivity index (χ3v) is 15.5. The maximum atomic E-state index is 6.67. The summed E-state index contributed by atoms with van der Waals surface area (Å²) in [5, 5.41) is 4.75. The summed E-state index contributed by atoms with van der Waals surface area (Å²) in [6, 6.07) is 62.1. The molecule has 0 N–H and O–H groups in total. The monoisotopic (exact) mass is 1000 g/mol. The van der Waals surface area contributed by atoms with E-state index >= 15 is 0 Å². The molecule has 0 amide bonds. The average molecular weight is 1000 g/mol. The van der Waals surface area contributed by atoms with Crippen LogP contribution in [0.25, 0.3) is 61.2 Å². The minimum atomic E-state index is -2.08. The largest absolute Gasteiger partial charge is 0.510 e. The summed E-state index contributed by atoms with van der Waals surface area (Å²) in [4.78, 5) is 4.91. The number of pyridine rings is 1. The Hall–Kier alpha value is -6.53. The van der Waals surface area contributed by atoms with Crippen LogP contribution in [0.15, 0.2) is 164 Å². The Labute approximate surface area is 376 Å². The number of aromatic nitrogens is 4. The van der Waals surface area contributed by atoms with Crippen LogP contribution in [0.3, 0.4) is 0 Å². The molecule has 3 aromatic heterocycles. The smallest absolute Gasteiger partial charge is 0.268 e. The molecule has 1 aliphatic rings. The molecule has 1 aliphatic heterocycles. The van der Waals surface area contributed by atoms with Crippen molar-refractivity contribution < 1.29 is 35.1 Å². The Morgan fingerprint density at radius 2 is 1.40 bits per heavy atom. The number of ether oxygens (including phenoxy) is 2. The van der Waals surface area contributed by atoms with Gasteiger partial charge in [0.05, 0.1) is 16.7 Å². The molecular weight excluding hydrogens is 960 g/mol. The summed E-state index contributed by atoms with van der Waals surface area (Å²) in [5.74, 6) is 3.80. The van der Waals surface area contributed by atoms with Crippen LogP contribution in [0.4, 0.5) is 0 Å². The van der Waals surface area contributed by atoms with Crippen molar-refractivity contribution in [2.75, 3.05) is 0 Å². The molecule has 306 valence electrons. The zero-order chi connectivity index (χ0) is 41.5. The first-order valence-corrected chi connectivity index (χ1v) is 23.7. The van der Waals surface area contributed by atoms with Crippen molar-refractivity contribution in [2.45, 2.75) is 39.3 Å². The van der Waals surface area contributed by atoms with E-state index in [-0.39, 0.29) is 26.5 Å². The molecule has 7 aromatic carbocycles. The molecule has 62 heavy (non-hydrogen) atoms. The third-order valence-electron chi connectivity index (χ3n) is 12.0. The number of hydrogen-bond donors (Lipinski definition) is 0. The predicted octanol–water partition coefficient (Wildman–Crippen LogP) is 11.5. The molecule has 8 heteroatoms. The van der Waals surface area contributed by atoms with E-state index in [1.54, 1.807) is 0 Å². The van der Waals surface area contributed by atoms with Crippen LogP contribution in [0.5, 0.6) is 23.0 Å². The van der Waals surface area contributed by atoms with Crippen LogP contribution in [0.2, 0.25) is 13.1 Å². The van der Waals surface area contributed by atoms with Crippen LogP contribution in [-0.2, 0) is 26.5 Å². The fourth-order valence-corrected chi connectivity index (χ4v) is 11.6. The molecule has 10 aromatic rings. The van der Waals surface area contributed by atoms with Gasteiger partial charge in [-0.3, -0.25) is 4.57 Å². The van der Waals surface area contributed by atoms with E-state index in [0.717, 1.165) is 67.1 Å². The Balaban J connectivity index is 0.00000458. The normalized spacial score (nSPS) is 13.0. The van der Waals surface area contributed by atoms with E-state index in [4.69, 9.17) is 14.5 Å². The van der Waals surface area contributed by atoms with Crippen LogP contribution >= 0.6 is 0 Å². The van der Waals surface area contributed by atoms with Gasteiger partial charge in [0.2, 0.25) is 0 Å². The van der Waals surface area contributed by atoms with E-state index in [2.05, 4.69) is 181 Å². The number of hydrogen-bond acceptors (Lipinski definition) is 3. The van der Waals surface area contributed by atoms with Gasteiger partial charge in [-0.05, 0) is 92.1 Å². The fraction of sp³-hybridized carbons (Fsp3) is 0.111. The maximum Gasteiger partial charge on any atom is 0.268 e. The molecule has 6 nitrogen and oxygen atoms in total. The topological polar surface area (TPSA) is 45.1 Å². The summed E-state index contributed by atoms with van der Waals surface area (Å²) in [5.41, 5.74) is 9.23.